The molecule has 0 aromatic heterocycles. The van der Waals surface area contributed by atoms with E-state index in [1.807, 2.05) is 24.3 Å². The maximum atomic E-state index is 10.7. The Labute approximate surface area is 124 Å². The average Bonchev–Trinajstić information content (AvgIpc) is 2.32. The highest BCUT2D eigenvalue weighted by molar-refractivity contribution is 6.30. The van der Waals surface area contributed by atoms with E-state index in [9.17, 15) is 4.79 Å². The van der Waals surface area contributed by atoms with E-state index >= 15 is 0 Å². The highest BCUT2D eigenvalue weighted by Gasteiger charge is 2.22. The van der Waals surface area contributed by atoms with E-state index in [0.717, 1.165) is 37.5 Å². The van der Waals surface area contributed by atoms with Crippen molar-refractivity contribution in [3.8, 4) is 0 Å². The molecule has 1 heterocycles. The number of hydrogen-bond acceptors (Lipinski definition) is 3. The number of primary amides is 1. The van der Waals surface area contributed by atoms with Gasteiger partial charge in [-0.3, -0.25) is 4.90 Å². The summed E-state index contributed by atoms with van der Waals surface area (Å²) in [5.41, 5.74) is 6.25. The zero-order valence-electron chi connectivity index (χ0n) is 10.5. The number of nitrogens with zero attached hydrogens (tertiary/aromatic N) is 1. The monoisotopic (exact) mass is 304 g/mol. The number of likely N-dealkylation sites (tertiary alicyclic amines) is 1. The van der Waals surface area contributed by atoms with Crippen LogP contribution in [0.2, 0.25) is 5.02 Å². The van der Waals surface area contributed by atoms with Crippen LogP contribution in [-0.2, 0) is 11.3 Å². The third-order valence-corrected chi connectivity index (χ3v) is 3.32. The van der Waals surface area contributed by atoms with E-state index in [2.05, 4.69) is 4.90 Å². The Hall–Kier alpha value is -0.970. The molecule has 1 saturated heterocycles. The molecular formula is C13H18Cl2N2O2. The van der Waals surface area contributed by atoms with Crippen molar-refractivity contribution >= 4 is 30.1 Å². The largest absolute Gasteiger partial charge is 0.445 e. The van der Waals surface area contributed by atoms with Gasteiger partial charge in [-0.15, -0.1) is 12.4 Å². The van der Waals surface area contributed by atoms with E-state index < -0.39 is 6.09 Å². The maximum Gasteiger partial charge on any atom is 0.404 e. The third kappa shape index (κ3) is 5.27. The van der Waals surface area contributed by atoms with Crippen molar-refractivity contribution < 1.29 is 9.53 Å². The van der Waals surface area contributed by atoms with Crippen LogP contribution in [0.3, 0.4) is 0 Å². The lowest BCUT2D eigenvalue weighted by Crippen LogP contribution is -2.40. The van der Waals surface area contributed by atoms with Crippen LogP contribution in [0.1, 0.15) is 18.4 Å². The van der Waals surface area contributed by atoms with E-state index in [4.69, 9.17) is 22.1 Å². The first kappa shape index (κ1) is 16.1. The van der Waals surface area contributed by atoms with Crippen LogP contribution < -0.4 is 5.73 Å². The van der Waals surface area contributed by atoms with Gasteiger partial charge in [0.1, 0.15) is 6.10 Å². The SMILES string of the molecule is Cl.NC(=O)OC1CCCN(Cc2ccc(Cl)cc2)C1. The van der Waals surface area contributed by atoms with E-state index in [1.165, 1.54) is 5.56 Å². The van der Waals surface area contributed by atoms with Crippen molar-refractivity contribution in [2.24, 2.45) is 5.73 Å². The Bertz CT molecular complexity index is 412. The van der Waals surface area contributed by atoms with Crippen molar-refractivity contribution in [3.05, 3.63) is 34.9 Å². The number of rotatable bonds is 3. The van der Waals surface area contributed by atoms with Crippen LogP contribution in [0, 0.1) is 0 Å². The summed E-state index contributed by atoms with van der Waals surface area (Å²) < 4.78 is 5.05. The van der Waals surface area contributed by atoms with Gasteiger partial charge in [-0.2, -0.15) is 0 Å². The molecule has 1 aliphatic heterocycles. The zero-order chi connectivity index (χ0) is 13.0. The molecule has 106 valence electrons. The molecule has 19 heavy (non-hydrogen) atoms. The molecule has 1 aromatic rings. The molecule has 1 atom stereocenters. The Morgan fingerprint density at radius 3 is 2.74 bits per heavy atom. The van der Waals surface area contributed by atoms with E-state index in [0.29, 0.717) is 0 Å². The molecule has 0 radical (unpaired) electrons. The number of halogens is 2. The molecule has 0 bridgehead atoms. The zero-order valence-corrected chi connectivity index (χ0v) is 12.1. The van der Waals surface area contributed by atoms with Crippen molar-refractivity contribution in [1.29, 1.82) is 0 Å². The van der Waals surface area contributed by atoms with Crippen LogP contribution in [0.25, 0.3) is 0 Å². The molecule has 1 fully saturated rings. The van der Waals surface area contributed by atoms with Crippen LogP contribution in [-0.4, -0.2) is 30.2 Å². The summed E-state index contributed by atoms with van der Waals surface area (Å²) in [7, 11) is 0. The van der Waals surface area contributed by atoms with E-state index in [-0.39, 0.29) is 18.5 Å². The van der Waals surface area contributed by atoms with Gasteiger partial charge >= 0.3 is 6.09 Å². The highest BCUT2D eigenvalue weighted by Crippen LogP contribution is 2.17. The minimum atomic E-state index is -0.687. The quantitative estimate of drug-likeness (QED) is 0.934. The molecule has 0 spiro atoms. The number of benzene rings is 1. The maximum absolute atomic E-state index is 10.7. The molecule has 4 nitrogen and oxygen atoms in total. The minimum Gasteiger partial charge on any atom is -0.445 e. The molecule has 1 aromatic carbocycles. The average molecular weight is 305 g/mol. The molecule has 6 heteroatoms. The van der Waals surface area contributed by atoms with Crippen LogP contribution in [0.5, 0.6) is 0 Å². The van der Waals surface area contributed by atoms with Gasteiger partial charge in [-0.1, -0.05) is 23.7 Å². The number of carbonyl (C=O) groups is 1. The number of hydrogen-bond donors (Lipinski definition) is 1. The number of nitrogens with two attached hydrogens (primary N) is 1. The third-order valence-electron chi connectivity index (χ3n) is 3.06. The molecule has 1 amide bonds. The summed E-state index contributed by atoms with van der Waals surface area (Å²) in [5, 5.41) is 0.743. The first-order valence-electron chi connectivity index (χ1n) is 6.06. The van der Waals surface area contributed by atoms with Gasteiger partial charge in [0.2, 0.25) is 0 Å². The Morgan fingerprint density at radius 1 is 1.42 bits per heavy atom. The smallest absolute Gasteiger partial charge is 0.404 e. The predicted molar refractivity (Wildman–Crippen MR) is 77.7 cm³/mol. The van der Waals surface area contributed by atoms with Crippen molar-refractivity contribution in [2.45, 2.75) is 25.5 Å². The van der Waals surface area contributed by atoms with Crippen LogP contribution >= 0.6 is 24.0 Å². The standard InChI is InChI=1S/C13H17ClN2O2.ClH/c14-11-5-3-10(4-6-11)8-16-7-1-2-12(9-16)18-13(15)17;/h3-6,12H,1-2,7-9H2,(H2,15,17);1H. The molecule has 2 rings (SSSR count). The van der Waals surface area contributed by atoms with Gasteiger partial charge in [0.05, 0.1) is 0 Å². The lowest BCUT2D eigenvalue weighted by molar-refractivity contribution is 0.0447. The van der Waals surface area contributed by atoms with Crippen molar-refractivity contribution in [3.63, 3.8) is 0 Å². The summed E-state index contributed by atoms with van der Waals surface area (Å²) in [5.74, 6) is 0. The predicted octanol–water partition coefficient (Wildman–Crippen LogP) is 2.82. The van der Waals surface area contributed by atoms with Gasteiger partial charge in [0.15, 0.2) is 0 Å². The summed E-state index contributed by atoms with van der Waals surface area (Å²) in [6.07, 6.45) is 1.14. The topological polar surface area (TPSA) is 55.6 Å². The second-order valence-corrected chi connectivity index (χ2v) is 5.00. The molecule has 0 aliphatic carbocycles. The molecule has 2 N–H and O–H groups in total. The van der Waals surface area contributed by atoms with Gasteiger partial charge < -0.3 is 10.5 Å². The van der Waals surface area contributed by atoms with Gasteiger partial charge in [-0.25, -0.2) is 4.79 Å². The lowest BCUT2D eigenvalue weighted by atomic mass is 10.1. The highest BCUT2D eigenvalue weighted by atomic mass is 35.5. The van der Waals surface area contributed by atoms with Gasteiger partial charge in [-0.05, 0) is 37.1 Å². The van der Waals surface area contributed by atoms with Gasteiger partial charge in [0.25, 0.3) is 0 Å². The van der Waals surface area contributed by atoms with Crippen molar-refractivity contribution in [2.75, 3.05) is 13.1 Å². The number of amides is 1. The summed E-state index contributed by atoms with van der Waals surface area (Å²) in [6.45, 7) is 2.60. The molecule has 0 saturated carbocycles. The second-order valence-electron chi connectivity index (χ2n) is 4.56. The molecule has 1 aliphatic rings. The van der Waals surface area contributed by atoms with Crippen molar-refractivity contribution in [1.82, 2.24) is 4.90 Å². The lowest BCUT2D eigenvalue weighted by Gasteiger charge is -2.31. The fourth-order valence-electron chi connectivity index (χ4n) is 2.27. The fraction of sp³-hybridized carbons (Fsp3) is 0.462. The Balaban J connectivity index is 0.00000180. The number of carbonyl (C=O) groups excluding carboxylic acids is 1. The first-order valence-corrected chi connectivity index (χ1v) is 6.44. The van der Waals surface area contributed by atoms with Crippen LogP contribution in [0.4, 0.5) is 4.79 Å². The Kier molecular flexibility index (Phi) is 6.42. The summed E-state index contributed by atoms with van der Waals surface area (Å²) in [6, 6.07) is 7.80. The van der Waals surface area contributed by atoms with E-state index in [1.54, 1.807) is 0 Å². The Morgan fingerprint density at radius 2 is 2.11 bits per heavy atom. The minimum absolute atomic E-state index is 0. The van der Waals surface area contributed by atoms with Gasteiger partial charge in [0, 0.05) is 18.1 Å². The number of ether oxygens (including phenoxy) is 1. The molecular weight excluding hydrogens is 287 g/mol. The number of piperidine rings is 1. The fourth-order valence-corrected chi connectivity index (χ4v) is 2.39. The summed E-state index contributed by atoms with van der Waals surface area (Å²) in [4.78, 5) is 13.0. The van der Waals surface area contributed by atoms with Crippen LogP contribution in [0.15, 0.2) is 24.3 Å². The molecule has 1 unspecified atom stereocenters. The second kappa shape index (κ2) is 7.58. The summed E-state index contributed by atoms with van der Waals surface area (Å²) >= 11 is 5.85. The normalized spacial score (nSPS) is 19.5. The first-order chi connectivity index (χ1) is 8.63.